The van der Waals surface area contributed by atoms with Crippen LogP contribution < -0.4 is 0 Å². The number of rotatable bonds is 0. The summed E-state index contributed by atoms with van der Waals surface area (Å²) in [6.07, 6.45) is 2.36. The standard InChI is InChI=1S/C11H10.C8H15NO.C2H6/c1-9-5-4-7-10-6-2-3-8-11(9)10;1-7-3-5-9(6-4-7)8(2)10;1-2/h2-8H,1H3;7H,3-6H2,1-2H3;1-2H3. The van der Waals surface area contributed by atoms with Crippen molar-refractivity contribution >= 4 is 16.7 Å². The Labute approximate surface area is 141 Å². The molecule has 2 aromatic rings. The van der Waals surface area contributed by atoms with Gasteiger partial charge < -0.3 is 4.90 Å². The average molecular weight is 313 g/mol. The van der Waals surface area contributed by atoms with E-state index < -0.39 is 0 Å². The largest absolute Gasteiger partial charge is 0.343 e. The van der Waals surface area contributed by atoms with Gasteiger partial charge in [-0.3, -0.25) is 4.79 Å². The lowest BCUT2D eigenvalue weighted by Crippen LogP contribution is -2.36. The molecule has 1 amide bonds. The number of hydrogen-bond acceptors (Lipinski definition) is 1. The Kier molecular flexibility index (Phi) is 8.39. The molecule has 1 aliphatic rings. The van der Waals surface area contributed by atoms with E-state index in [0.29, 0.717) is 0 Å². The van der Waals surface area contributed by atoms with Crippen molar-refractivity contribution in [2.24, 2.45) is 5.92 Å². The van der Waals surface area contributed by atoms with Gasteiger partial charge in [0.05, 0.1) is 0 Å². The third kappa shape index (κ3) is 6.05. The molecule has 1 saturated heterocycles. The summed E-state index contributed by atoms with van der Waals surface area (Å²) in [6.45, 7) is 12.0. The first-order valence-electron chi connectivity index (χ1n) is 8.78. The van der Waals surface area contributed by atoms with Crippen LogP contribution in [-0.2, 0) is 4.79 Å². The van der Waals surface area contributed by atoms with Gasteiger partial charge in [-0.05, 0) is 42.0 Å². The predicted molar refractivity (Wildman–Crippen MR) is 101 cm³/mol. The number of likely N-dealkylation sites (tertiary alicyclic amines) is 1. The fourth-order valence-electron chi connectivity index (χ4n) is 2.71. The van der Waals surface area contributed by atoms with E-state index >= 15 is 0 Å². The highest BCUT2D eigenvalue weighted by Crippen LogP contribution is 2.17. The van der Waals surface area contributed by atoms with Crippen molar-refractivity contribution in [1.29, 1.82) is 0 Å². The van der Waals surface area contributed by atoms with Crippen molar-refractivity contribution in [3.05, 3.63) is 48.0 Å². The van der Waals surface area contributed by atoms with Crippen molar-refractivity contribution in [1.82, 2.24) is 4.90 Å². The third-order valence-corrected chi connectivity index (χ3v) is 4.24. The SMILES string of the molecule is CC.CC(=O)N1CCC(C)CC1.Cc1cccc2ccccc12. The van der Waals surface area contributed by atoms with E-state index in [2.05, 4.69) is 56.3 Å². The molecule has 1 fully saturated rings. The lowest BCUT2D eigenvalue weighted by molar-refractivity contribution is -0.130. The molecule has 126 valence electrons. The summed E-state index contributed by atoms with van der Waals surface area (Å²) >= 11 is 0. The quantitative estimate of drug-likeness (QED) is 0.634. The van der Waals surface area contributed by atoms with Crippen molar-refractivity contribution in [2.75, 3.05) is 13.1 Å². The number of nitrogens with zero attached hydrogens (tertiary/aromatic N) is 1. The maximum Gasteiger partial charge on any atom is 0.219 e. The first-order valence-corrected chi connectivity index (χ1v) is 8.78. The summed E-state index contributed by atoms with van der Waals surface area (Å²) in [5.41, 5.74) is 1.35. The van der Waals surface area contributed by atoms with Gasteiger partial charge in [0.15, 0.2) is 0 Å². The molecule has 0 unspecified atom stereocenters. The van der Waals surface area contributed by atoms with Crippen LogP contribution in [0.3, 0.4) is 0 Å². The number of piperidine rings is 1. The van der Waals surface area contributed by atoms with Gasteiger partial charge in [-0.25, -0.2) is 0 Å². The summed E-state index contributed by atoms with van der Waals surface area (Å²) in [5, 5.41) is 2.68. The van der Waals surface area contributed by atoms with Gasteiger partial charge in [-0.2, -0.15) is 0 Å². The maximum absolute atomic E-state index is 10.8. The van der Waals surface area contributed by atoms with E-state index in [-0.39, 0.29) is 5.91 Å². The van der Waals surface area contributed by atoms with Crippen molar-refractivity contribution in [2.45, 2.75) is 47.5 Å². The third-order valence-electron chi connectivity index (χ3n) is 4.24. The van der Waals surface area contributed by atoms with Gasteiger partial charge in [-0.1, -0.05) is 63.2 Å². The van der Waals surface area contributed by atoms with Gasteiger partial charge >= 0.3 is 0 Å². The van der Waals surface area contributed by atoms with Gasteiger partial charge in [0.25, 0.3) is 0 Å². The number of hydrogen-bond donors (Lipinski definition) is 0. The zero-order chi connectivity index (χ0) is 17.2. The second kappa shape index (κ2) is 10.0. The topological polar surface area (TPSA) is 20.3 Å². The summed E-state index contributed by atoms with van der Waals surface area (Å²) in [5.74, 6) is 1.04. The second-order valence-electron chi connectivity index (χ2n) is 5.98. The van der Waals surface area contributed by atoms with Gasteiger partial charge in [0, 0.05) is 20.0 Å². The molecule has 0 radical (unpaired) electrons. The van der Waals surface area contributed by atoms with E-state index in [1.807, 2.05) is 18.7 Å². The molecule has 0 saturated carbocycles. The Morgan fingerprint density at radius 3 is 2.13 bits per heavy atom. The number of benzene rings is 2. The van der Waals surface area contributed by atoms with Crippen LogP contribution in [0.2, 0.25) is 0 Å². The molecule has 2 nitrogen and oxygen atoms in total. The molecule has 2 aromatic carbocycles. The zero-order valence-electron chi connectivity index (χ0n) is 15.3. The van der Waals surface area contributed by atoms with Crippen LogP contribution in [0.25, 0.3) is 10.8 Å². The Morgan fingerprint density at radius 2 is 1.57 bits per heavy atom. The lowest BCUT2D eigenvalue weighted by atomic mass is 9.99. The first kappa shape index (κ1) is 19.2. The van der Waals surface area contributed by atoms with Crippen molar-refractivity contribution in [3.8, 4) is 0 Å². The fourth-order valence-corrected chi connectivity index (χ4v) is 2.71. The normalized spacial score (nSPS) is 14.4. The van der Waals surface area contributed by atoms with Gasteiger partial charge in [0.2, 0.25) is 5.91 Å². The fraction of sp³-hybridized carbons (Fsp3) is 0.476. The molecule has 0 atom stereocenters. The van der Waals surface area contributed by atoms with E-state index in [9.17, 15) is 4.79 Å². The molecule has 0 aromatic heterocycles. The molecule has 23 heavy (non-hydrogen) atoms. The minimum Gasteiger partial charge on any atom is -0.343 e. The number of aryl methyl sites for hydroxylation is 1. The molecule has 0 spiro atoms. The molecule has 1 heterocycles. The van der Waals surface area contributed by atoms with Crippen LogP contribution in [-0.4, -0.2) is 23.9 Å². The van der Waals surface area contributed by atoms with Crippen molar-refractivity contribution < 1.29 is 4.79 Å². The molecule has 0 aliphatic carbocycles. The van der Waals surface area contributed by atoms with E-state index in [1.165, 1.54) is 29.2 Å². The predicted octanol–water partition coefficient (Wildman–Crippen LogP) is 5.44. The zero-order valence-corrected chi connectivity index (χ0v) is 15.3. The monoisotopic (exact) mass is 313 g/mol. The summed E-state index contributed by atoms with van der Waals surface area (Å²) in [6, 6.07) is 14.8. The molecule has 1 aliphatic heterocycles. The number of amides is 1. The highest BCUT2D eigenvalue weighted by atomic mass is 16.2. The Morgan fingerprint density at radius 1 is 1.00 bits per heavy atom. The van der Waals surface area contributed by atoms with Crippen LogP contribution in [0.15, 0.2) is 42.5 Å². The van der Waals surface area contributed by atoms with Crippen LogP contribution in [0.4, 0.5) is 0 Å². The van der Waals surface area contributed by atoms with Crippen LogP contribution in [0.1, 0.15) is 46.1 Å². The minimum atomic E-state index is 0.229. The molecule has 0 N–H and O–H groups in total. The number of fused-ring (bicyclic) bond motifs is 1. The Balaban J connectivity index is 0.000000209. The molecule has 2 heteroatoms. The van der Waals surface area contributed by atoms with Crippen LogP contribution in [0, 0.1) is 12.8 Å². The average Bonchev–Trinajstić information content (AvgIpc) is 2.58. The van der Waals surface area contributed by atoms with E-state index in [0.717, 1.165) is 19.0 Å². The molecular weight excluding hydrogens is 282 g/mol. The van der Waals surface area contributed by atoms with Crippen LogP contribution in [0.5, 0.6) is 0 Å². The van der Waals surface area contributed by atoms with Crippen molar-refractivity contribution in [3.63, 3.8) is 0 Å². The Hall–Kier alpha value is -1.83. The summed E-state index contributed by atoms with van der Waals surface area (Å²) in [7, 11) is 0. The van der Waals surface area contributed by atoms with Crippen LogP contribution >= 0.6 is 0 Å². The second-order valence-corrected chi connectivity index (χ2v) is 5.98. The highest BCUT2D eigenvalue weighted by molar-refractivity contribution is 5.85. The maximum atomic E-state index is 10.8. The smallest absolute Gasteiger partial charge is 0.219 e. The summed E-state index contributed by atoms with van der Waals surface area (Å²) in [4.78, 5) is 12.8. The van der Waals surface area contributed by atoms with E-state index in [1.54, 1.807) is 6.92 Å². The van der Waals surface area contributed by atoms with Gasteiger partial charge in [0.1, 0.15) is 0 Å². The molecular formula is C21H31NO. The highest BCUT2D eigenvalue weighted by Gasteiger charge is 2.16. The minimum absolute atomic E-state index is 0.229. The number of carbonyl (C=O) groups is 1. The Bertz CT molecular complexity index is 592. The first-order chi connectivity index (χ1) is 11.1. The van der Waals surface area contributed by atoms with E-state index in [4.69, 9.17) is 0 Å². The molecule has 3 rings (SSSR count). The van der Waals surface area contributed by atoms with Gasteiger partial charge in [-0.15, -0.1) is 0 Å². The summed E-state index contributed by atoms with van der Waals surface area (Å²) < 4.78 is 0. The number of carbonyl (C=O) groups excluding carboxylic acids is 1. The lowest BCUT2D eigenvalue weighted by Gasteiger charge is -2.29. The molecule has 0 bridgehead atoms.